The molecule has 0 spiro atoms. The zero-order chi connectivity index (χ0) is 17.1. The van der Waals surface area contributed by atoms with E-state index in [4.69, 9.17) is 4.74 Å². The number of hydrogen-bond acceptors (Lipinski definition) is 5. The highest BCUT2D eigenvalue weighted by Gasteiger charge is 2.06. The minimum Gasteiger partial charge on any atom is -0.497 e. The van der Waals surface area contributed by atoms with E-state index in [1.165, 1.54) is 0 Å². The van der Waals surface area contributed by atoms with Gasteiger partial charge in [-0.3, -0.25) is 9.25 Å². The van der Waals surface area contributed by atoms with Crippen LogP contribution in [0.1, 0.15) is 5.56 Å². The number of ether oxygens (including phenoxy) is 1. The van der Waals surface area contributed by atoms with Gasteiger partial charge in [0.15, 0.2) is 5.82 Å². The summed E-state index contributed by atoms with van der Waals surface area (Å²) < 4.78 is 8.86. The molecule has 0 radical (unpaired) electrons. The fraction of sp³-hybridized carbons (Fsp3) is 0.111. The van der Waals surface area contributed by atoms with Crippen molar-refractivity contribution < 1.29 is 4.74 Å². The first-order chi connectivity index (χ1) is 12.3. The van der Waals surface area contributed by atoms with Crippen molar-refractivity contribution in [2.45, 2.75) is 6.54 Å². The molecule has 3 heterocycles. The highest BCUT2D eigenvalue weighted by atomic mass is 16.5. The van der Waals surface area contributed by atoms with E-state index in [0.717, 1.165) is 28.4 Å². The average Bonchev–Trinajstić information content (AvgIpc) is 3.35. The van der Waals surface area contributed by atoms with E-state index in [1.54, 1.807) is 25.8 Å². The lowest BCUT2D eigenvalue weighted by Crippen LogP contribution is -1.99. The molecule has 3 aromatic heterocycles. The fourth-order valence-corrected chi connectivity index (χ4v) is 2.51. The summed E-state index contributed by atoms with van der Waals surface area (Å²) in [5.41, 5.74) is 2.86. The van der Waals surface area contributed by atoms with Gasteiger partial charge in [-0.05, 0) is 29.8 Å². The standard InChI is InChI=1S/C18H16N6O/c1-25-16-4-2-14(3-5-16)11-24-12-15(10-20-24)17-6-7-18(22-21-17)23-9-8-19-13-23/h2-10,12-13H,11H2,1H3. The summed E-state index contributed by atoms with van der Waals surface area (Å²) >= 11 is 0. The van der Waals surface area contributed by atoms with Crippen LogP contribution in [0, 0.1) is 0 Å². The predicted octanol–water partition coefficient (Wildman–Crippen LogP) is 2.58. The first-order valence-electron chi connectivity index (χ1n) is 7.79. The molecule has 0 N–H and O–H groups in total. The van der Waals surface area contributed by atoms with Crippen LogP contribution in [0.4, 0.5) is 0 Å². The normalized spacial score (nSPS) is 10.8. The van der Waals surface area contributed by atoms with Crippen LogP contribution in [0.2, 0.25) is 0 Å². The molecule has 25 heavy (non-hydrogen) atoms. The molecule has 1 aromatic carbocycles. The van der Waals surface area contributed by atoms with Gasteiger partial charge in [0.1, 0.15) is 12.1 Å². The molecular weight excluding hydrogens is 316 g/mol. The van der Waals surface area contributed by atoms with Crippen molar-refractivity contribution in [3.8, 4) is 22.8 Å². The second-order valence-electron chi connectivity index (χ2n) is 5.52. The molecule has 7 nitrogen and oxygen atoms in total. The Balaban J connectivity index is 1.50. The van der Waals surface area contributed by atoms with E-state index in [-0.39, 0.29) is 0 Å². The molecule has 7 heteroatoms. The second-order valence-corrected chi connectivity index (χ2v) is 5.52. The summed E-state index contributed by atoms with van der Waals surface area (Å²) in [6.45, 7) is 0.685. The van der Waals surface area contributed by atoms with Crippen molar-refractivity contribution >= 4 is 0 Å². The maximum atomic E-state index is 5.17. The smallest absolute Gasteiger partial charge is 0.160 e. The zero-order valence-corrected chi connectivity index (χ0v) is 13.6. The molecule has 0 aliphatic heterocycles. The van der Waals surface area contributed by atoms with Gasteiger partial charge in [-0.25, -0.2) is 4.98 Å². The Morgan fingerprint density at radius 1 is 1.04 bits per heavy atom. The summed E-state index contributed by atoms with van der Waals surface area (Å²) in [5, 5.41) is 12.9. The highest BCUT2D eigenvalue weighted by Crippen LogP contribution is 2.17. The van der Waals surface area contributed by atoms with E-state index in [9.17, 15) is 0 Å². The van der Waals surface area contributed by atoms with E-state index < -0.39 is 0 Å². The van der Waals surface area contributed by atoms with Gasteiger partial charge in [-0.1, -0.05) is 12.1 Å². The van der Waals surface area contributed by atoms with Crippen molar-refractivity contribution in [1.82, 2.24) is 29.5 Å². The first kappa shape index (κ1) is 15.1. The summed E-state index contributed by atoms with van der Waals surface area (Å²) in [4.78, 5) is 4.01. The van der Waals surface area contributed by atoms with Gasteiger partial charge < -0.3 is 4.74 Å². The number of hydrogen-bond donors (Lipinski definition) is 0. The topological polar surface area (TPSA) is 70.7 Å². The quantitative estimate of drug-likeness (QED) is 0.562. The number of imidazole rings is 1. The van der Waals surface area contributed by atoms with Gasteiger partial charge >= 0.3 is 0 Å². The number of methoxy groups -OCH3 is 1. The third-order valence-corrected chi connectivity index (χ3v) is 3.85. The minimum atomic E-state index is 0.685. The van der Waals surface area contributed by atoms with Crippen molar-refractivity contribution in [3.63, 3.8) is 0 Å². The monoisotopic (exact) mass is 332 g/mol. The number of rotatable bonds is 5. The molecule has 4 aromatic rings. The Hall–Kier alpha value is -3.48. The Morgan fingerprint density at radius 3 is 2.60 bits per heavy atom. The summed E-state index contributed by atoms with van der Waals surface area (Å²) in [6, 6.07) is 11.8. The number of nitrogens with zero attached hydrogens (tertiary/aromatic N) is 6. The molecule has 0 bridgehead atoms. The van der Waals surface area contributed by atoms with Crippen LogP contribution in [0.3, 0.4) is 0 Å². The SMILES string of the molecule is COc1ccc(Cn2cc(-c3ccc(-n4ccnc4)nn3)cn2)cc1. The Labute approximate surface area is 144 Å². The van der Waals surface area contributed by atoms with Gasteiger partial charge in [0, 0.05) is 24.2 Å². The van der Waals surface area contributed by atoms with Crippen LogP contribution < -0.4 is 4.74 Å². The van der Waals surface area contributed by atoms with Crippen LogP contribution in [0.25, 0.3) is 17.1 Å². The molecule has 0 unspecified atom stereocenters. The molecule has 124 valence electrons. The zero-order valence-electron chi connectivity index (χ0n) is 13.6. The van der Waals surface area contributed by atoms with Crippen LogP contribution in [-0.2, 0) is 6.54 Å². The molecule has 0 amide bonds. The van der Waals surface area contributed by atoms with Crippen molar-refractivity contribution in [1.29, 1.82) is 0 Å². The van der Waals surface area contributed by atoms with E-state index in [1.807, 2.05) is 58.0 Å². The molecule has 0 saturated carbocycles. The average molecular weight is 332 g/mol. The predicted molar refractivity (Wildman–Crippen MR) is 92.5 cm³/mol. The lowest BCUT2D eigenvalue weighted by atomic mass is 10.2. The van der Waals surface area contributed by atoms with Gasteiger partial charge in [-0.2, -0.15) is 5.10 Å². The molecule has 4 rings (SSSR count). The molecule has 0 atom stereocenters. The van der Waals surface area contributed by atoms with Crippen LogP contribution >= 0.6 is 0 Å². The Morgan fingerprint density at radius 2 is 1.92 bits per heavy atom. The van der Waals surface area contributed by atoms with E-state index in [0.29, 0.717) is 6.54 Å². The molecule has 0 saturated heterocycles. The number of aromatic nitrogens is 6. The summed E-state index contributed by atoms with van der Waals surface area (Å²) in [5.74, 6) is 1.57. The van der Waals surface area contributed by atoms with Crippen LogP contribution in [-0.4, -0.2) is 36.6 Å². The van der Waals surface area contributed by atoms with Crippen LogP contribution in [0.15, 0.2) is 67.5 Å². The number of benzene rings is 1. The molecule has 0 aliphatic rings. The van der Waals surface area contributed by atoms with Crippen molar-refractivity contribution in [2.24, 2.45) is 0 Å². The van der Waals surface area contributed by atoms with Crippen molar-refractivity contribution in [3.05, 3.63) is 73.1 Å². The lowest BCUT2D eigenvalue weighted by molar-refractivity contribution is 0.414. The highest BCUT2D eigenvalue weighted by molar-refractivity contribution is 5.56. The molecule has 0 aliphatic carbocycles. The maximum Gasteiger partial charge on any atom is 0.160 e. The van der Waals surface area contributed by atoms with Crippen LogP contribution in [0.5, 0.6) is 5.75 Å². The van der Waals surface area contributed by atoms with Gasteiger partial charge in [0.2, 0.25) is 0 Å². The van der Waals surface area contributed by atoms with Crippen molar-refractivity contribution in [2.75, 3.05) is 7.11 Å². The first-order valence-corrected chi connectivity index (χ1v) is 7.79. The Bertz CT molecular complexity index is 942. The largest absolute Gasteiger partial charge is 0.497 e. The third kappa shape index (κ3) is 3.25. The minimum absolute atomic E-state index is 0.685. The Kier molecular flexibility index (Phi) is 3.96. The summed E-state index contributed by atoms with van der Waals surface area (Å²) in [6.07, 6.45) is 8.99. The van der Waals surface area contributed by atoms with Gasteiger partial charge in [0.25, 0.3) is 0 Å². The van der Waals surface area contributed by atoms with Gasteiger partial charge in [0.05, 0.1) is 25.5 Å². The third-order valence-electron chi connectivity index (χ3n) is 3.85. The fourth-order valence-electron chi connectivity index (χ4n) is 2.51. The molecule has 0 fully saturated rings. The second kappa shape index (κ2) is 6.56. The van der Waals surface area contributed by atoms with Gasteiger partial charge in [-0.15, -0.1) is 10.2 Å². The lowest BCUT2D eigenvalue weighted by Gasteiger charge is -2.04. The van der Waals surface area contributed by atoms with E-state index in [2.05, 4.69) is 20.3 Å². The van der Waals surface area contributed by atoms with E-state index >= 15 is 0 Å². The summed E-state index contributed by atoms with van der Waals surface area (Å²) in [7, 11) is 1.66. The maximum absolute atomic E-state index is 5.17. The molecular formula is C18H16N6O.